The molecule has 0 aliphatic heterocycles. The summed E-state index contributed by atoms with van der Waals surface area (Å²) >= 11 is 0. The quantitative estimate of drug-likeness (QED) is 0.527. The van der Waals surface area contributed by atoms with Gasteiger partial charge in [-0.2, -0.15) is 0 Å². The van der Waals surface area contributed by atoms with Gasteiger partial charge in [0.2, 0.25) is 0 Å². The lowest BCUT2D eigenvalue weighted by atomic mass is 10.1. The van der Waals surface area contributed by atoms with Crippen LogP contribution >= 0.6 is 0 Å². The van der Waals surface area contributed by atoms with E-state index in [0.29, 0.717) is 6.04 Å². The average molecular weight is 246 g/mol. The van der Waals surface area contributed by atoms with Crippen molar-refractivity contribution >= 4 is 0 Å². The highest BCUT2D eigenvalue weighted by Gasteiger charge is 2.12. The van der Waals surface area contributed by atoms with E-state index >= 15 is 0 Å². The normalized spacial score (nSPS) is 13.2. The molecule has 0 radical (unpaired) electrons. The van der Waals surface area contributed by atoms with E-state index in [2.05, 4.69) is 24.1 Å². The van der Waals surface area contributed by atoms with Gasteiger partial charge in [0.25, 0.3) is 0 Å². The van der Waals surface area contributed by atoms with E-state index in [1.807, 2.05) is 0 Å². The minimum atomic E-state index is 0.596. The first-order valence-electron chi connectivity index (χ1n) is 6.68. The Morgan fingerprint density at radius 1 is 1.12 bits per heavy atom. The van der Waals surface area contributed by atoms with Crippen LogP contribution in [0.2, 0.25) is 0 Å². The van der Waals surface area contributed by atoms with Gasteiger partial charge in [0, 0.05) is 33.4 Å². The number of hydrogen-bond donors (Lipinski definition) is 1. The summed E-state index contributed by atoms with van der Waals surface area (Å²) in [5, 5.41) is 3.36. The van der Waals surface area contributed by atoms with Crippen LogP contribution in [0.25, 0.3) is 0 Å². The van der Waals surface area contributed by atoms with Crippen LogP contribution in [0.4, 0.5) is 0 Å². The van der Waals surface area contributed by atoms with E-state index < -0.39 is 0 Å². The van der Waals surface area contributed by atoms with Crippen molar-refractivity contribution in [3.8, 4) is 0 Å². The first kappa shape index (κ1) is 16.8. The molecule has 0 spiro atoms. The second-order valence-corrected chi connectivity index (χ2v) is 4.37. The Bertz CT molecular complexity index is 148. The molecule has 17 heavy (non-hydrogen) atoms. The van der Waals surface area contributed by atoms with E-state index in [-0.39, 0.29) is 0 Å². The van der Waals surface area contributed by atoms with Crippen LogP contribution in [-0.2, 0) is 9.47 Å². The molecule has 104 valence electrons. The number of nitrogens with zero attached hydrogens (tertiary/aromatic N) is 1. The average Bonchev–Trinajstić information content (AvgIpc) is 2.34. The predicted octanol–water partition coefficient (Wildman–Crippen LogP) is 1.36. The fourth-order valence-electron chi connectivity index (χ4n) is 1.85. The standard InChI is InChI=1S/C13H30N2O2/c1-5-14-8-6-7-13(2)15(9-11-16-3)10-12-17-4/h13-14H,5-12H2,1-4H3. The Balaban J connectivity index is 3.80. The predicted molar refractivity (Wildman–Crippen MR) is 72.6 cm³/mol. The molecule has 0 aromatic rings. The Kier molecular flexibility index (Phi) is 12.2. The molecule has 0 saturated heterocycles. The fourth-order valence-corrected chi connectivity index (χ4v) is 1.85. The van der Waals surface area contributed by atoms with Gasteiger partial charge in [-0.3, -0.25) is 4.90 Å². The largest absolute Gasteiger partial charge is 0.383 e. The van der Waals surface area contributed by atoms with Crippen LogP contribution < -0.4 is 5.32 Å². The molecule has 0 saturated carbocycles. The molecule has 0 bridgehead atoms. The van der Waals surface area contributed by atoms with Crippen molar-refractivity contribution in [1.82, 2.24) is 10.2 Å². The topological polar surface area (TPSA) is 33.7 Å². The summed E-state index contributed by atoms with van der Waals surface area (Å²) in [4.78, 5) is 2.44. The van der Waals surface area contributed by atoms with Crippen molar-refractivity contribution in [2.75, 3.05) is 53.6 Å². The summed E-state index contributed by atoms with van der Waals surface area (Å²) in [5.41, 5.74) is 0. The maximum absolute atomic E-state index is 5.15. The number of nitrogens with one attached hydrogen (secondary N) is 1. The molecule has 0 aliphatic carbocycles. The van der Waals surface area contributed by atoms with Crippen LogP contribution in [0.3, 0.4) is 0 Å². The molecule has 4 nitrogen and oxygen atoms in total. The van der Waals surface area contributed by atoms with E-state index in [9.17, 15) is 0 Å². The lowest BCUT2D eigenvalue weighted by molar-refractivity contribution is 0.0888. The molecule has 1 unspecified atom stereocenters. The fraction of sp³-hybridized carbons (Fsp3) is 1.00. The highest BCUT2D eigenvalue weighted by atomic mass is 16.5. The van der Waals surface area contributed by atoms with Gasteiger partial charge in [0.15, 0.2) is 0 Å². The Hall–Kier alpha value is -0.160. The summed E-state index contributed by atoms with van der Waals surface area (Å²) < 4.78 is 10.3. The van der Waals surface area contributed by atoms with Crippen molar-refractivity contribution in [3.63, 3.8) is 0 Å². The minimum absolute atomic E-state index is 0.596. The SMILES string of the molecule is CCNCCCC(C)N(CCOC)CCOC. The lowest BCUT2D eigenvalue weighted by Gasteiger charge is -2.28. The maximum Gasteiger partial charge on any atom is 0.0589 e. The third-order valence-electron chi connectivity index (χ3n) is 3.01. The van der Waals surface area contributed by atoms with Crippen molar-refractivity contribution < 1.29 is 9.47 Å². The Morgan fingerprint density at radius 3 is 2.18 bits per heavy atom. The molecular weight excluding hydrogens is 216 g/mol. The first-order valence-corrected chi connectivity index (χ1v) is 6.68. The van der Waals surface area contributed by atoms with Crippen molar-refractivity contribution in [2.24, 2.45) is 0 Å². The third-order valence-corrected chi connectivity index (χ3v) is 3.01. The third kappa shape index (κ3) is 9.53. The van der Waals surface area contributed by atoms with Gasteiger partial charge in [-0.15, -0.1) is 0 Å². The van der Waals surface area contributed by atoms with Gasteiger partial charge in [-0.1, -0.05) is 6.92 Å². The van der Waals surface area contributed by atoms with Crippen LogP contribution in [0.5, 0.6) is 0 Å². The zero-order valence-corrected chi connectivity index (χ0v) is 12.0. The molecule has 0 amide bonds. The lowest BCUT2D eigenvalue weighted by Crippen LogP contribution is -2.38. The molecule has 4 heteroatoms. The summed E-state index contributed by atoms with van der Waals surface area (Å²) in [6.45, 7) is 10.2. The molecule has 1 N–H and O–H groups in total. The van der Waals surface area contributed by atoms with Crippen LogP contribution in [0, 0.1) is 0 Å². The summed E-state index contributed by atoms with van der Waals surface area (Å²) in [6.07, 6.45) is 2.45. The maximum atomic E-state index is 5.15. The summed E-state index contributed by atoms with van der Waals surface area (Å²) in [7, 11) is 3.51. The number of rotatable bonds is 12. The van der Waals surface area contributed by atoms with Gasteiger partial charge >= 0.3 is 0 Å². The molecule has 0 fully saturated rings. The van der Waals surface area contributed by atoms with E-state index in [4.69, 9.17) is 9.47 Å². The molecule has 0 aliphatic rings. The number of hydrogen-bond acceptors (Lipinski definition) is 4. The number of ether oxygens (including phenoxy) is 2. The van der Waals surface area contributed by atoms with Crippen LogP contribution in [0.15, 0.2) is 0 Å². The van der Waals surface area contributed by atoms with Crippen molar-refractivity contribution in [2.45, 2.75) is 32.7 Å². The molecule has 0 heterocycles. The molecule has 0 rings (SSSR count). The van der Waals surface area contributed by atoms with Crippen LogP contribution in [0.1, 0.15) is 26.7 Å². The molecule has 1 atom stereocenters. The zero-order valence-electron chi connectivity index (χ0n) is 12.0. The summed E-state index contributed by atoms with van der Waals surface area (Å²) in [5.74, 6) is 0. The minimum Gasteiger partial charge on any atom is -0.383 e. The van der Waals surface area contributed by atoms with Crippen LogP contribution in [-0.4, -0.2) is 64.6 Å². The van der Waals surface area contributed by atoms with Gasteiger partial charge < -0.3 is 14.8 Å². The second kappa shape index (κ2) is 12.3. The second-order valence-electron chi connectivity index (χ2n) is 4.37. The highest BCUT2D eigenvalue weighted by Crippen LogP contribution is 2.06. The van der Waals surface area contributed by atoms with Gasteiger partial charge in [-0.25, -0.2) is 0 Å². The van der Waals surface area contributed by atoms with Gasteiger partial charge in [-0.05, 0) is 32.9 Å². The number of methoxy groups -OCH3 is 2. The van der Waals surface area contributed by atoms with Gasteiger partial charge in [0.1, 0.15) is 0 Å². The smallest absolute Gasteiger partial charge is 0.0589 e. The summed E-state index contributed by atoms with van der Waals surface area (Å²) in [6, 6.07) is 0.596. The Morgan fingerprint density at radius 2 is 1.71 bits per heavy atom. The highest BCUT2D eigenvalue weighted by molar-refractivity contribution is 4.67. The molecular formula is C13H30N2O2. The van der Waals surface area contributed by atoms with Crippen molar-refractivity contribution in [1.29, 1.82) is 0 Å². The van der Waals surface area contributed by atoms with E-state index in [0.717, 1.165) is 39.4 Å². The first-order chi connectivity index (χ1) is 8.26. The van der Waals surface area contributed by atoms with Gasteiger partial charge in [0.05, 0.1) is 13.2 Å². The molecule has 0 aromatic heterocycles. The monoisotopic (exact) mass is 246 g/mol. The Labute approximate surface area is 107 Å². The zero-order chi connectivity index (χ0) is 12.9. The van der Waals surface area contributed by atoms with Crippen molar-refractivity contribution in [3.05, 3.63) is 0 Å². The molecule has 0 aromatic carbocycles. The van der Waals surface area contributed by atoms with E-state index in [1.54, 1.807) is 14.2 Å². The van der Waals surface area contributed by atoms with E-state index in [1.165, 1.54) is 12.8 Å².